The fraction of sp³-hybridized carbons (Fsp3) is 0.929. The Balaban J connectivity index is 1.74. The van der Waals surface area contributed by atoms with Crippen LogP contribution in [0.15, 0.2) is 0 Å². The van der Waals surface area contributed by atoms with E-state index in [4.69, 9.17) is 4.74 Å². The summed E-state index contributed by atoms with van der Waals surface area (Å²) in [5, 5.41) is 0. The van der Waals surface area contributed by atoms with Gasteiger partial charge in [-0.3, -0.25) is 4.79 Å². The van der Waals surface area contributed by atoms with Crippen LogP contribution < -0.4 is 0 Å². The third-order valence-corrected chi connectivity index (χ3v) is 4.01. The lowest BCUT2D eigenvalue weighted by Crippen LogP contribution is -2.48. The lowest BCUT2D eigenvalue weighted by molar-refractivity contribution is -0.143. The summed E-state index contributed by atoms with van der Waals surface area (Å²) < 4.78 is 5.65. The molecule has 2 fully saturated rings. The SMILES string of the molecule is C[C@@H]1CN(C(=O)CCC2CCCC2)C[C@@H](C)O1. The van der Waals surface area contributed by atoms with Gasteiger partial charge in [-0.05, 0) is 26.2 Å². The van der Waals surface area contributed by atoms with Crippen molar-refractivity contribution in [3.8, 4) is 0 Å². The Morgan fingerprint density at radius 2 is 1.76 bits per heavy atom. The molecule has 0 unspecified atom stereocenters. The first-order chi connectivity index (χ1) is 8.15. The van der Waals surface area contributed by atoms with E-state index in [1.54, 1.807) is 0 Å². The van der Waals surface area contributed by atoms with E-state index >= 15 is 0 Å². The molecule has 3 heteroatoms. The van der Waals surface area contributed by atoms with Gasteiger partial charge in [0.1, 0.15) is 0 Å². The Labute approximate surface area is 105 Å². The maximum Gasteiger partial charge on any atom is 0.222 e. The van der Waals surface area contributed by atoms with Gasteiger partial charge in [0.05, 0.1) is 12.2 Å². The zero-order valence-electron chi connectivity index (χ0n) is 11.2. The summed E-state index contributed by atoms with van der Waals surface area (Å²) >= 11 is 0. The second kappa shape index (κ2) is 5.85. The van der Waals surface area contributed by atoms with E-state index in [-0.39, 0.29) is 12.2 Å². The lowest BCUT2D eigenvalue weighted by atomic mass is 10.0. The molecular weight excluding hydrogens is 214 g/mol. The predicted molar refractivity (Wildman–Crippen MR) is 67.8 cm³/mol. The molecule has 1 heterocycles. The number of hydrogen-bond donors (Lipinski definition) is 0. The van der Waals surface area contributed by atoms with E-state index in [9.17, 15) is 4.79 Å². The minimum Gasteiger partial charge on any atom is -0.372 e. The first kappa shape index (κ1) is 12.9. The van der Waals surface area contributed by atoms with Gasteiger partial charge in [0.2, 0.25) is 5.91 Å². The Bertz CT molecular complexity index is 251. The minimum absolute atomic E-state index is 0.189. The van der Waals surface area contributed by atoms with Gasteiger partial charge in [0, 0.05) is 19.5 Å². The van der Waals surface area contributed by atoms with Crippen LogP contribution in [0.25, 0.3) is 0 Å². The van der Waals surface area contributed by atoms with Crippen molar-refractivity contribution >= 4 is 5.91 Å². The van der Waals surface area contributed by atoms with Crippen LogP contribution in [-0.4, -0.2) is 36.1 Å². The van der Waals surface area contributed by atoms with Crippen molar-refractivity contribution in [2.75, 3.05) is 13.1 Å². The summed E-state index contributed by atoms with van der Waals surface area (Å²) in [6, 6.07) is 0. The Morgan fingerprint density at radius 1 is 1.18 bits per heavy atom. The van der Waals surface area contributed by atoms with Crippen molar-refractivity contribution in [2.24, 2.45) is 5.92 Å². The third-order valence-electron chi connectivity index (χ3n) is 4.01. The molecule has 0 spiro atoms. The quantitative estimate of drug-likeness (QED) is 0.757. The molecule has 0 aromatic rings. The topological polar surface area (TPSA) is 29.5 Å². The summed E-state index contributed by atoms with van der Waals surface area (Å²) in [4.78, 5) is 14.1. The van der Waals surface area contributed by atoms with Crippen LogP contribution in [-0.2, 0) is 9.53 Å². The average molecular weight is 239 g/mol. The summed E-state index contributed by atoms with van der Waals surface area (Å²) in [6.07, 6.45) is 7.62. The van der Waals surface area contributed by atoms with E-state index in [1.165, 1.54) is 25.7 Å². The molecule has 2 aliphatic rings. The average Bonchev–Trinajstić information content (AvgIpc) is 2.77. The zero-order chi connectivity index (χ0) is 12.3. The summed E-state index contributed by atoms with van der Waals surface area (Å²) in [7, 11) is 0. The van der Waals surface area contributed by atoms with Crippen molar-refractivity contribution in [3.63, 3.8) is 0 Å². The van der Waals surface area contributed by atoms with Gasteiger partial charge < -0.3 is 9.64 Å². The lowest BCUT2D eigenvalue weighted by Gasteiger charge is -2.35. The van der Waals surface area contributed by atoms with Crippen LogP contribution in [0.1, 0.15) is 52.4 Å². The van der Waals surface area contributed by atoms with Gasteiger partial charge in [-0.25, -0.2) is 0 Å². The highest BCUT2D eigenvalue weighted by Gasteiger charge is 2.26. The van der Waals surface area contributed by atoms with Crippen LogP contribution in [0.5, 0.6) is 0 Å². The van der Waals surface area contributed by atoms with E-state index in [2.05, 4.69) is 0 Å². The maximum absolute atomic E-state index is 12.1. The molecule has 3 nitrogen and oxygen atoms in total. The van der Waals surface area contributed by atoms with Crippen molar-refractivity contribution in [1.82, 2.24) is 4.90 Å². The van der Waals surface area contributed by atoms with Gasteiger partial charge >= 0.3 is 0 Å². The molecule has 1 saturated carbocycles. The monoisotopic (exact) mass is 239 g/mol. The Morgan fingerprint density at radius 3 is 2.35 bits per heavy atom. The van der Waals surface area contributed by atoms with Crippen molar-refractivity contribution in [3.05, 3.63) is 0 Å². The van der Waals surface area contributed by atoms with E-state index in [1.807, 2.05) is 18.7 Å². The molecule has 1 amide bonds. The maximum atomic E-state index is 12.1. The molecule has 0 aromatic heterocycles. The normalized spacial score (nSPS) is 30.8. The molecule has 0 radical (unpaired) electrons. The number of rotatable bonds is 3. The molecule has 0 aromatic carbocycles. The fourth-order valence-corrected chi connectivity index (χ4v) is 3.17. The standard InChI is InChI=1S/C14H25NO2/c1-11-9-15(10-12(2)17-11)14(16)8-7-13-5-3-4-6-13/h11-13H,3-10H2,1-2H3/t11-,12-/m1/s1. The van der Waals surface area contributed by atoms with E-state index in [0.29, 0.717) is 5.91 Å². The fourth-order valence-electron chi connectivity index (χ4n) is 3.17. The van der Waals surface area contributed by atoms with Gasteiger partial charge in [0.25, 0.3) is 0 Å². The number of carbonyl (C=O) groups is 1. The molecule has 1 aliphatic heterocycles. The van der Waals surface area contributed by atoms with Crippen LogP contribution in [0.2, 0.25) is 0 Å². The smallest absolute Gasteiger partial charge is 0.222 e. The van der Waals surface area contributed by atoms with Crippen LogP contribution in [0, 0.1) is 5.92 Å². The number of nitrogens with zero attached hydrogens (tertiary/aromatic N) is 1. The molecule has 2 atom stereocenters. The molecule has 17 heavy (non-hydrogen) atoms. The van der Waals surface area contributed by atoms with Crippen LogP contribution >= 0.6 is 0 Å². The van der Waals surface area contributed by atoms with Crippen LogP contribution in [0.3, 0.4) is 0 Å². The number of morpholine rings is 1. The van der Waals surface area contributed by atoms with Gasteiger partial charge in [-0.15, -0.1) is 0 Å². The minimum atomic E-state index is 0.189. The van der Waals surface area contributed by atoms with Gasteiger partial charge in [0.15, 0.2) is 0 Å². The van der Waals surface area contributed by atoms with E-state index in [0.717, 1.165) is 31.8 Å². The summed E-state index contributed by atoms with van der Waals surface area (Å²) in [5.74, 6) is 1.15. The van der Waals surface area contributed by atoms with Crippen molar-refractivity contribution in [1.29, 1.82) is 0 Å². The first-order valence-corrected chi connectivity index (χ1v) is 7.08. The molecule has 0 bridgehead atoms. The Hall–Kier alpha value is -0.570. The van der Waals surface area contributed by atoms with Gasteiger partial charge in [-0.2, -0.15) is 0 Å². The largest absolute Gasteiger partial charge is 0.372 e. The summed E-state index contributed by atoms with van der Waals surface area (Å²) in [6.45, 7) is 5.64. The molecule has 1 saturated heterocycles. The highest BCUT2D eigenvalue weighted by atomic mass is 16.5. The molecule has 98 valence electrons. The molecule has 1 aliphatic carbocycles. The molecular formula is C14H25NO2. The second-order valence-corrected chi connectivity index (χ2v) is 5.75. The predicted octanol–water partition coefficient (Wildman–Crippen LogP) is 2.59. The number of ether oxygens (including phenoxy) is 1. The molecule has 2 rings (SSSR count). The molecule has 0 N–H and O–H groups in total. The van der Waals surface area contributed by atoms with Gasteiger partial charge in [-0.1, -0.05) is 25.7 Å². The zero-order valence-corrected chi connectivity index (χ0v) is 11.2. The number of carbonyl (C=O) groups excluding carboxylic acids is 1. The number of amides is 1. The number of hydrogen-bond acceptors (Lipinski definition) is 2. The van der Waals surface area contributed by atoms with Crippen molar-refractivity contribution < 1.29 is 9.53 Å². The van der Waals surface area contributed by atoms with E-state index < -0.39 is 0 Å². The second-order valence-electron chi connectivity index (χ2n) is 5.75. The highest BCUT2D eigenvalue weighted by Crippen LogP contribution is 2.28. The highest BCUT2D eigenvalue weighted by molar-refractivity contribution is 5.76. The van der Waals surface area contributed by atoms with Crippen LogP contribution in [0.4, 0.5) is 0 Å². The first-order valence-electron chi connectivity index (χ1n) is 7.08. The Kier molecular flexibility index (Phi) is 4.43. The van der Waals surface area contributed by atoms with Crippen molar-refractivity contribution in [2.45, 2.75) is 64.6 Å². The third kappa shape index (κ3) is 3.70. The summed E-state index contributed by atoms with van der Waals surface area (Å²) in [5.41, 5.74) is 0.